The van der Waals surface area contributed by atoms with Crippen LogP contribution in [0.3, 0.4) is 0 Å². The van der Waals surface area contributed by atoms with Crippen molar-refractivity contribution in [1.29, 1.82) is 0 Å². The fourth-order valence-corrected chi connectivity index (χ4v) is 3.08. The number of halogens is 1. The van der Waals surface area contributed by atoms with Gasteiger partial charge in [0.05, 0.1) is 19.7 Å². The summed E-state index contributed by atoms with van der Waals surface area (Å²) in [5.74, 6) is 1.61. The van der Waals surface area contributed by atoms with Crippen LogP contribution in [0.2, 0.25) is 0 Å². The van der Waals surface area contributed by atoms with Crippen LogP contribution < -0.4 is 20.7 Å². The lowest BCUT2D eigenvalue weighted by molar-refractivity contribution is -0.116. The number of nitrogens with one attached hydrogen (secondary N) is 3. The monoisotopic (exact) mass is 567 g/mol. The number of benzene rings is 2. The summed E-state index contributed by atoms with van der Waals surface area (Å²) < 4.78 is 5.92. The molecule has 2 rings (SSSR count). The van der Waals surface area contributed by atoms with E-state index in [0.717, 1.165) is 41.5 Å². The number of amides is 1. The highest BCUT2D eigenvalue weighted by molar-refractivity contribution is 14.0. The summed E-state index contributed by atoms with van der Waals surface area (Å²) in [7, 11) is 3.74. The van der Waals surface area contributed by atoms with Crippen LogP contribution >= 0.6 is 24.0 Å². The van der Waals surface area contributed by atoms with Crippen LogP contribution in [0.5, 0.6) is 5.75 Å². The van der Waals surface area contributed by atoms with Crippen molar-refractivity contribution in [2.24, 2.45) is 4.99 Å². The van der Waals surface area contributed by atoms with Crippen LogP contribution in [0, 0.1) is 6.92 Å². The second-order valence-electron chi connectivity index (χ2n) is 7.99. The predicted molar refractivity (Wildman–Crippen MR) is 148 cm³/mol. The molecule has 1 amide bonds. The van der Waals surface area contributed by atoms with Gasteiger partial charge in [-0.25, -0.2) is 4.99 Å². The molecule has 2 aromatic rings. The predicted octanol–water partition coefficient (Wildman–Crippen LogP) is 4.16. The van der Waals surface area contributed by atoms with Gasteiger partial charge in [0, 0.05) is 24.3 Å². The van der Waals surface area contributed by atoms with Crippen LogP contribution in [-0.2, 0) is 17.9 Å². The molecule has 8 heteroatoms. The third-order valence-electron chi connectivity index (χ3n) is 4.57. The summed E-state index contributed by atoms with van der Waals surface area (Å²) in [6.07, 6.45) is 0.972. The molecule has 0 saturated heterocycles. The highest BCUT2D eigenvalue weighted by Crippen LogP contribution is 2.20. The largest absolute Gasteiger partial charge is 0.493 e. The lowest BCUT2D eigenvalue weighted by Gasteiger charge is -2.15. The van der Waals surface area contributed by atoms with Crippen LogP contribution in [0.4, 0.5) is 5.69 Å². The quantitative estimate of drug-likeness (QED) is 0.216. The van der Waals surface area contributed by atoms with Gasteiger partial charge in [0.25, 0.3) is 0 Å². The summed E-state index contributed by atoms with van der Waals surface area (Å²) in [6.45, 7) is 9.14. The Bertz CT molecular complexity index is 902. The Hall–Kier alpha value is -2.33. The Labute approximate surface area is 215 Å². The number of carbonyl (C=O) groups is 1. The Morgan fingerprint density at radius 1 is 1.09 bits per heavy atom. The molecule has 3 N–H and O–H groups in total. The molecule has 7 nitrogen and oxygen atoms in total. The maximum Gasteiger partial charge on any atom is 0.238 e. The molecule has 0 radical (unpaired) electrons. The first-order valence-electron chi connectivity index (χ1n) is 11.2. The number of guanidine groups is 1. The van der Waals surface area contributed by atoms with E-state index in [1.807, 2.05) is 50.2 Å². The topological polar surface area (TPSA) is 78.0 Å². The van der Waals surface area contributed by atoms with E-state index in [9.17, 15) is 4.79 Å². The first kappa shape index (κ1) is 28.7. The van der Waals surface area contributed by atoms with E-state index in [0.29, 0.717) is 26.2 Å². The summed E-state index contributed by atoms with van der Waals surface area (Å²) >= 11 is 0. The van der Waals surface area contributed by atoms with Crippen molar-refractivity contribution in [3.63, 3.8) is 0 Å². The number of aliphatic imine (C=N–C) groups is 1. The molecular formula is C25H38IN5O2. The second kappa shape index (κ2) is 15.5. The number of anilines is 1. The SMILES string of the molecule is CCCOc1cc(C)ccc1CNC(=NCc1cccc(NC(=O)CN(C)C)c1)NCC.I. The van der Waals surface area contributed by atoms with Crippen molar-refractivity contribution >= 4 is 41.5 Å². The Balaban J connectivity index is 0.00000544. The van der Waals surface area contributed by atoms with Crippen molar-refractivity contribution in [2.45, 2.75) is 40.3 Å². The molecule has 0 aliphatic heterocycles. The molecule has 2 aromatic carbocycles. The van der Waals surface area contributed by atoms with Gasteiger partial charge in [-0.05, 0) is 63.7 Å². The molecule has 182 valence electrons. The Kier molecular flexibility index (Phi) is 13.5. The van der Waals surface area contributed by atoms with Gasteiger partial charge in [0.1, 0.15) is 5.75 Å². The molecular weight excluding hydrogens is 529 g/mol. The van der Waals surface area contributed by atoms with Crippen LogP contribution in [-0.4, -0.2) is 50.6 Å². The summed E-state index contributed by atoms with van der Waals surface area (Å²) in [5, 5.41) is 9.61. The van der Waals surface area contributed by atoms with Crippen molar-refractivity contribution in [2.75, 3.05) is 39.1 Å². The van der Waals surface area contributed by atoms with Gasteiger partial charge >= 0.3 is 0 Å². The molecule has 0 bridgehead atoms. The van der Waals surface area contributed by atoms with E-state index < -0.39 is 0 Å². The third kappa shape index (κ3) is 10.9. The molecule has 0 saturated carbocycles. The van der Waals surface area contributed by atoms with Crippen LogP contribution in [0.1, 0.15) is 37.0 Å². The number of likely N-dealkylation sites (N-methyl/N-ethyl adjacent to an activating group) is 1. The minimum atomic E-state index is -0.0372. The van der Waals surface area contributed by atoms with Gasteiger partial charge in [0.15, 0.2) is 5.96 Å². The van der Waals surface area contributed by atoms with Crippen molar-refractivity contribution in [3.05, 3.63) is 59.2 Å². The zero-order valence-corrected chi connectivity index (χ0v) is 22.7. The summed E-state index contributed by atoms with van der Waals surface area (Å²) in [5.41, 5.74) is 4.07. The fraction of sp³-hybridized carbons (Fsp3) is 0.440. The van der Waals surface area contributed by atoms with Gasteiger partial charge in [-0.3, -0.25) is 4.79 Å². The molecule has 33 heavy (non-hydrogen) atoms. The van der Waals surface area contributed by atoms with E-state index in [-0.39, 0.29) is 29.9 Å². The van der Waals surface area contributed by atoms with Crippen LogP contribution in [0.15, 0.2) is 47.5 Å². The third-order valence-corrected chi connectivity index (χ3v) is 4.57. The van der Waals surface area contributed by atoms with Crippen molar-refractivity contribution in [3.8, 4) is 5.75 Å². The highest BCUT2D eigenvalue weighted by atomic mass is 127. The molecule has 0 unspecified atom stereocenters. The van der Waals surface area contributed by atoms with Gasteiger partial charge in [-0.1, -0.05) is 31.2 Å². The van der Waals surface area contributed by atoms with E-state index in [1.165, 1.54) is 5.56 Å². The Morgan fingerprint density at radius 2 is 1.88 bits per heavy atom. The average molecular weight is 568 g/mol. The van der Waals surface area contributed by atoms with Crippen molar-refractivity contribution < 1.29 is 9.53 Å². The second-order valence-corrected chi connectivity index (χ2v) is 7.99. The number of nitrogens with zero attached hydrogens (tertiary/aromatic N) is 2. The molecule has 0 atom stereocenters. The van der Waals surface area contributed by atoms with Gasteiger partial charge < -0.3 is 25.6 Å². The molecule has 0 aromatic heterocycles. The maximum absolute atomic E-state index is 12.0. The number of aryl methyl sites for hydroxylation is 1. The minimum absolute atomic E-state index is 0. The zero-order valence-electron chi connectivity index (χ0n) is 20.4. The Morgan fingerprint density at radius 3 is 2.58 bits per heavy atom. The van der Waals surface area contributed by atoms with E-state index in [4.69, 9.17) is 9.73 Å². The van der Waals surface area contributed by atoms with Gasteiger partial charge in [-0.15, -0.1) is 24.0 Å². The number of hydrogen-bond acceptors (Lipinski definition) is 4. The lowest BCUT2D eigenvalue weighted by Crippen LogP contribution is -2.36. The fourth-order valence-electron chi connectivity index (χ4n) is 3.08. The summed E-state index contributed by atoms with van der Waals surface area (Å²) in [6, 6.07) is 14.0. The van der Waals surface area contributed by atoms with E-state index >= 15 is 0 Å². The molecule has 0 aliphatic rings. The zero-order chi connectivity index (χ0) is 23.3. The standard InChI is InChI=1S/C25H37N5O2.HI/c1-6-13-32-23-14-19(3)11-12-21(23)17-28-25(26-7-2)27-16-20-9-8-10-22(15-20)29-24(31)18-30(4)5;/h8-12,14-15H,6-7,13,16-18H2,1-5H3,(H,29,31)(H2,26,27,28);1H. The number of ether oxygens (including phenoxy) is 1. The maximum atomic E-state index is 12.0. The minimum Gasteiger partial charge on any atom is -0.493 e. The van der Waals surface area contributed by atoms with Gasteiger partial charge in [-0.2, -0.15) is 0 Å². The van der Waals surface area contributed by atoms with Crippen LogP contribution in [0.25, 0.3) is 0 Å². The lowest BCUT2D eigenvalue weighted by atomic mass is 10.1. The number of carbonyl (C=O) groups excluding carboxylic acids is 1. The smallest absolute Gasteiger partial charge is 0.238 e. The highest BCUT2D eigenvalue weighted by Gasteiger charge is 2.07. The van der Waals surface area contributed by atoms with Gasteiger partial charge in [0.2, 0.25) is 5.91 Å². The van der Waals surface area contributed by atoms with Crippen molar-refractivity contribution in [1.82, 2.24) is 15.5 Å². The number of hydrogen-bond donors (Lipinski definition) is 3. The molecule has 0 aliphatic carbocycles. The average Bonchev–Trinajstić information content (AvgIpc) is 2.74. The molecule has 0 spiro atoms. The molecule has 0 fully saturated rings. The summed E-state index contributed by atoms with van der Waals surface area (Å²) in [4.78, 5) is 18.6. The molecule has 0 heterocycles. The first-order valence-corrected chi connectivity index (χ1v) is 11.2. The normalized spacial score (nSPS) is 11.0. The van der Waals surface area contributed by atoms with E-state index in [1.54, 1.807) is 0 Å². The first-order chi connectivity index (χ1) is 15.4. The van der Waals surface area contributed by atoms with E-state index in [2.05, 4.69) is 48.0 Å². The number of rotatable bonds is 11.